The fraction of sp³-hybridized carbons (Fsp3) is 0.375. The molecule has 1 aromatic carbocycles. The maximum Gasteiger partial charge on any atom is 0.252 e. The molecule has 1 fully saturated rings. The molecule has 0 saturated carbocycles. The van der Waals surface area contributed by atoms with E-state index in [-0.39, 0.29) is 18.2 Å². The van der Waals surface area contributed by atoms with Crippen molar-refractivity contribution in [3.05, 3.63) is 29.3 Å². The Morgan fingerprint density at radius 2 is 2.05 bits per heavy atom. The average molecular weight is 301 g/mol. The minimum absolute atomic E-state index is 0.231. The lowest BCUT2D eigenvalue weighted by molar-refractivity contribution is -0.134. The van der Waals surface area contributed by atoms with Crippen LogP contribution in [0.5, 0.6) is 0 Å². The molecule has 1 aliphatic rings. The number of nitrogens with zero attached hydrogens (tertiary/aromatic N) is 1. The van der Waals surface area contributed by atoms with Gasteiger partial charge in [-0.1, -0.05) is 6.07 Å². The van der Waals surface area contributed by atoms with Gasteiger partial charge < -0.3 is 5.32 Å². The van der Waals surface area contributed by atoms with E-state index in [1.54, 1.807) is 12.1 Å². The third-order valence-corrected chi connectivity index (χ3v) is 3.44. The van der Waals surface area contributed by atoms with Gasteiger partial charge in [0.1, 0.15) is 6.04 Å². The molecule has 3 amide bonds. The van der Waals surface area contributed by atoms with Crippen molar-refractivity contribution in [2.24, 2.45) is 4.99 Å². The van der Waals surface area contributed by atoms with Crippen molar-refractivity contribution >= 4 is 29.1 Å². The fourth-order valence-corrected chi connectivity index (χ4v) is 2.30. The van der Waals surface area contributed by atoms with Gasteiger partial charge in [-0.2, -0.15) is 0 Å². The first-order valence-corrected chi connectivity index (χ1v) is 7.14. The first kappa shape index (κ1) is 15.9. The normalized spacial score (nSPS) is 17.7. The highest BCUT2D eigenvalue weighted by molar-refractivity contribution is 6.04. The largest absolute Gasteiger partial charge is 0.340 e. The molecule has 1 aromatic rings. The molecule has 1 unspecified atom stereocenters. The molecule has 0 aromatic heterocycles. The summed E-state index contributed by atoms with van der Waals surface area (Å²) >= 11 is 0. The van der Waals surface area contributed by atoms with Crippen molar-refractivity contribution in [1.29, 1.82) is 0 Å². The Kier molecular flexibility index (Phi) is 4.70. The molecule has 1 aliphatic heterocycles. The van der Waals surface area contributed by atoms with Gasteiger partial charge in [0, 0.05) is 17.7 Å². The van der Waals surface area contributed by atoms with Gasteiger partial charge in [0.15, 0.2) is 0 Å². The SMILES string of the molecule is CC(C)=Nc1cccc(C(=O)NC2CCC(=O)NC2=O)c1C. The predicted octanol–water partition coefficient (Wildman–Crippen LogP) is 1.64. The molecule has 2 rings (SSSR count). The number of carbonyl (C=O) groups is 3. The van der Waals surface area contributed by atoms with Crippen LogP contribution in [0.25, 0.3) is 0 Å². The van der Waals surface area contributed by atoms with Crippen LogP contribution in [-0.2, 0) is 9.59 Å². The van der Waals surface area contributed by atoms with Crippen LogP contribution in [0.15, 0.2) is 23.2 Å². The zero-order chi connectivity index (χ0) is 16.3. The van der Waals surface area contributed by atoms with Crippen LogP contribution in [0.4, 0.5) is 5.69 Å². The van der Waals surface area contributed by atoms with Crippen LogP contribution in [0.1, 0.15) is 42.6 Å². The van der Waals surface area contributed by atoms with Crippen molar-refractivity contribution in [2.75, 3.05) is 0 Å². The Balaban J connectivity index is 2.18. The summed E-state index contributed by atoms with van der Waals surface area (Å²) < 4.78 is 0. The second-order valence-corrected chi connectivity index (χ2v) is 5.49. The summed E-state index contributed by atoms with van der Waals surface area (Å²) in [5.41, 5.74) is 2.86. The van der Waals surface area contributed by atoms with Crippen LogP contribution >= 0.6 is 0 Å². The van der Waals surface area contributed by atoms with Crippen molar-refractivity contribution in [3.8, 4) is 0 Å². The maximum absolute atomic E-state index is 12.4. The number of benzene rings is 1. The van der Waals surface area contributed by atoms with E-state index in [1.165, 1.54) is 0 Å². The second kappa shape index (κ2) is 6.51. The van der Waals surface area contributed by atoms with Crippen molar-refractivity contribution in [1.82, 2.24) is 10.6 Å². The van der Waals surface area contributed by atoms with Gasteiger partial charge in [-0.3, -0.25) is 24.7 Å². The smallest absolute Gasteiger partial charge is 0.252 e. The topological polar surface area (TPSA) is 87.6 Å². The lowest BCUT2D eigenvalue weighted by Gasteiger charge is -2.22. The van der Waals surface area contributed by atoms with E-state index in [2.05, 4.69) is 15.6 Å². The van der Waals surface area contributed by atoms with E-state index in [9.17, 15) is 14.4 Å². The van der Waals surface area contributed by atoms with Crippen molar-refractivity contribution < 1.29 is 14.4 Å². The Bertz CT molecular complexity index is 661. The lowest BCUT2D eigenvalue weighted by atomic mass is 10.0. The van der Waals surface area contributed by atoms with Gasteiger partial charge in [0.05, 0.1) is 5.69 Å². The first-order valence-electron chi connectivity index (χ1n) is 7.14. The summed E-state index contributed by atoms with van der Waals surface area (Å²) in [5, 5.41) is 4.90. The molecule has 0 bridgehead atoms. The standard InChI is InChI=1S/C16H19N3O3/c1-9(2)17-12-6-4-5-11(10(12)3)15(21)18-13-7-8-14(20)19-16(13)22/h4-6,13H,7-8H2,1-3H3,(H,18,21)(H,19,20,22). The van der Waals surface area contributed by atoms with Gasteiger partial charge in [-0.25, -0.2) is 0 Å². The number of hydrogen-bond acceptors (Lipinski definition) is 4. The molecule has 6 nitrogen and oxygen atoms in total. The molecule has 1 atom stereocenters. The van der Waals surface area contributed by atoms with E-state index in [1.807, 2.05) is 26.8 Å². The second-order valence-electron chi connectivity index (χ2n) is 5.49. The van der Waals surface area contributed by atoms with Crippen molar-refractivity contribution in [2.45, 2.75) is 39.7 Å². The molecule has 0 radical (unpaired) electrons. The minimum atomic E-state index is -0.676. The van der Waals surface area contributed by atoms with Gasteiger partial charge >= 0.3 is 0 Å². The molecule has 1 heterocycles. The average Bonchev–Trinajstić information content (AvgIpc) is 2.43. The summed E-state index contributed by atoms with van der Waals surface area (Å²) in [5.74, 6) is -1.10. The first-order chi connectivity index (χ1) is 10.4. The Morgan fingerprint density at radius 3 is 2.68 bits per heavy atom. The Hall–Kier alpha value is -2.50. The maximum atomic E-state index is 12.4. The van der Waals surface area contributed by atoms with Crippen LogP contribution in [-0.4, -0.2) is 29.5 Å². The van der Waals surface area contributed by atoms with Crippen LogP contribution in [0.3, 0.4) is 0 Å². The Morgan fingerprint density at radius 1 is 1.32 bits per heavy atom. The third-order valence-electron chi connectivity index (χ3n) is 3.44. The molecule has 6 heteroatoms. The lowest BCUT2D eigenvalue weighted by Crippen LogP contribution is -2.52. The third kappa shape index (κ3) is 3.58. The highest BCUT2D eigenvalue weighted by atomic mass is 16.2. The summed E-state index contributed by atoms with van der Waals surface area (Å²) in [6.45, 7) is 5.59. The molecule has 2 N–H and O–H groups in total. The number of nitrogens with one attached hydrogen (secondary N) is 2. The molecule has 0 aliphatic carbocycles. The minimum Gasteiger partial charge on any atom is -0.340 e. The molecular weight excluding hydrogens is 282 g/mol. The van der Waals surface area contributed by atoms with Crippen LogP contribution in [0, 0.1) is 6.92 Å². The van der Waals surface area contributed by atoms with Crippen LogP contribution in [0.2, 0.25) is 0 Å². The quantitative estimate of drug-likeness (QED) is 0.657. The zero-order valence-corrected chi connectivity index (χ0v) is 12.9. The molecule has 22 heavy (non-hydrogen) atoms. The molecule has 0 spiro atoms. The van der Waals surface area contributed by atoms with Crippen molar-refractivity contribution in [3.63, 3.8) is 0 Å². The van der Waals surface area contributed by atoms with Gasteiger partial charge in [-0.15, -0.1) is 0 Å². The van der Waals surface area contributed by atoms with E-state index in [4.69, 9.17) is 0 Å². The zero-order valence-electron chi connectivity index (χ0n) is 12.9. The van der Waals surface area contributed by atoms with Gasteiger partial charge in [-0.05, 0) is 44.9 Å². The molecular formula is C16H19N3O3. The molecule has 1 saturated heterocycles. The molecule has 116 valence electrons. The fourth-order valence-electron chi connectivity index (χ4n) is 2.30. The summed E-state index contributed by atoms with van der Waals surface area (Å²) in [7, 11) is 0. The number of aliphatic imine (C=N–C) groups is 1. The predicted molar refractivity (Wildman–Crippen MR) is 83.3 cm³/mol. The summed E-state index contributed by atoms with van der Waals surface area (Å²) in [4.78, 5) is 39.6. The number of carbonyl (C=O) groups excluding carboxylic acids is 3. The van der Waals surface area contributed by atoms with E-state index in [0.717, 1.165) is 17.0 Å². The summed E-state index contributed by atoms with van der Waals surface area (Å²) in [6, 6.07) is 4.62. The van der Waals surface area contributed by atoms with E-state index < -0.39 is 11.9 Å². The number of hydrogen-bond donors (Lipinski definition) is 2. The number of rotatable bonds is 3. The number of amides is 3. The van der Waals surface area contributed by atoms with Crippen LogP contribution < -0.4 is 10.6 Å². The van der Waals surface area contributed by atoms with E-state index in [0.29, 0.717) is 12.0 Å². The van der Waals surface area contributed by atoms with Gasteiger partial charge in [0.25, 0.3) is 5.91 Å². The van der Waals surface area contributed by atoms with Gasteiger partial charge in [0.2, 0.25) is 11.8 Å². The number of piperidine rings is 1. The highest BCUT2D eigenvalue weighted by Gasteiger charge is 2.28. The Labute approximate surface area is 129 Å². The summed E-state index contributed by atoms with van der Waals surface area (Å²) in [6.07, 6.45) is 0.552. The highest BCUT2D eigenvalue weighted by Crippen LogP contribution is 2.22. The number of imide groups is 1. The monoisotopic (exact) mass is 301 g/mol. The van der Waals surface area contributed by atoms with E-state index >= 15 is 0 Å².